The Hall–Kier alpha value is -2.35. The van der Waals surface area contributed by atoms with Gasteiger partial charge >= 0.3 is 41.5 Å². The molecule has 0 aliphatic heterocycles. The molecule has 2 aromatic carbocycles. The quantitative estimate of drug-likeness (QED) is 0.429. The molecule has 0 aliphatic rings. The van der Waals surface area contributed by atoms with E-state index in [1.54, 1.807) is 0 Å². The Labute approximate surface area is 154 Å². The summed E-state index contributed by atoms with van der Waals surface area (Å²) >= 11 is 0. The Bertz CT molecular complexity index is 763. The molecule has 0 aromatic heterocycles. The number of carbonyl (C=O) groups excluding carboxylic acids is 1. The van der Waals surface area contributed by atoms with E-state index in [9.17, 15) is 19.5 Å². The molecule has 0 radical (unpaired) electrons. The molecular formula is C15H12NNaO6. The fourth-order valence-electron chi connectivity index (χ4n) is 1.73. The third-order valence-corrected chi connectivity index (χ3v) is 2.89. The first-order valence-electron chi connectivity index (χ1n) is 6.09. The van der Waals surface area contributed by atoms with Gasteiger partial charge in [-0.05, 0) is 42.5 Å². The molecule has 7 nitrogen and oxygen atoms in total. The Morgan fingerprint density at radius 3 is 1.83 bits per heavy atom. The van der Waals surface area contributed by atoms with Crippen LogP contribution in [-0.4, -0.2) is 33.2 Å². The molecule has 0 aliphatic carbocycles. The molecular weight excluding hydrogens is 313 g/mol. The number of rotatable bonds is 4. The second-order valence-electron chi connectivity index (χ2n) is 4.37. The topological polar surface area (TPSA) is 124 Å². The van der Waals surface area contributed by atoms with E-state index < -0.39 is 17.8 Å². The average Bonchev–Trinajstić information content (AvgIpc) is 2.49. The summed E-state index contributed by atoms with van der Waals surface area (Å²) in [6, 6.07) is 8.66. The van der Waals surface area contributed by atoms with Gasteiger partial charge in [-0.25, -0.2) is 9.59 Å². The predicted molar refractivity (Wildman–Crippen MR) is 77.5 cm³/mol. The van der Waals surface area contributed by atoms with Gasteiger partial charge in [0.1, 0.15) is 5.75 Å². The fraction of sp³-hybridized carbons (Fsp3) is 0. The molecule has 2 aromatic rings. The van der Waals surface area contributed by atoms with Crippen LogP contribution >= 0.6 is 0 Å². The summed E-state index contributed by atoms with van der Waals surface area (Å²) in [4.78, 5) is 33.6. The molecule has 0 unspecified atom stereocenters. The first-order chi connectivity index (χ1) is 10.4. The number of aromatic hydroxyl groups is 1. The van der Waals surface area contributed by atoms with Crippen LogP contribution in [0.4, 0.5) is 5.69 Å². The molecule has 2 rings (SSSR count). The molecule has 0 fully saturated rings. The molecule has 4 N–H and O–H groups in total. The van der Waals surface area contributed by atoms with Crippen molar-refractivity contribution in [3.63, 3.8) is 0 Å². The van der Waals surface area contributed by atoms with Gasteiger partial charge in [0.15, 0.2) is 0 Å². The largest absolute Gasteiger partial charge is 1.00 e. The van der Waals surface area contributed by atoms with E-state index in [2.05, 4.69) is 5.32 Å². The molecule has 0 spiro atoms. The smallest absolute Gasteiger partial charge is 1.00 e. The SMILES string of the molecule is O=C(O)c1ccc(C(=O)Nc2cc(C(=O)O)ccc2O)cc1.[H-].[Na+]. The van der Waals surface area contributed by atoms with Crippen molar-refractivity contribution in [2.24, 2.45) is 0 Å². The van der Waals surface area contributed by atoms with Crippen molar-refractivity contribution in [3.05, 3.63) is 59.2 Å². The third kappa shape index (κ3) is 4.56. The Morgan fingerprint density at radius 1 is 0.826 bits per heavy atom. The molecule has 0 heterocycles. The van der Waals surface area contributed by atoms with E-state index in [4.69, 9.17) is 10.2 Å². The van der Waals surface area contributed by atoms with Crippen LogP contribution in [0.25, 0.3) is 0 Å². The average molecular weight is 325 g/mol. The van der Waals surface area contributed by atoms with Crippen LogP contribution in [0.3, 0.4) is 0 Å². The summed E-state index contributed by atoms with van der Waals surface area (Å²) in [6.07, 6.45) is 0. The number of phenolic OH excluding ortho intramolecular Hbond substituents is 1. The van der Waals surface area contributed by atoms with Crippen molar-refractivity contribution in [2.75, 3.05) is 5.32 Å². The first kappa shape index (κ1) is 18.7. The number of phenols is 1. The van der Waals surface area contributed by atoms with Gasteiger partial charge in [0.2, 0.25) is 0 Å². The summed E-state index contributed by atoms with van der Waals surface area (Å²) in [7, 11) is 0. The van der Waals surface area contributed by atoms with Crippen molar-refractivity contribution < 1.29 is 60.7 Å². The molecule has 114 valence electrons. The summed E-state index contributed by atoms with van der Waals surface area (Å²) in [5.41, 5.74) is 0.0685. The van der Waals surface area contributed by atoms with E-state index in [-0.39, 0.29) is 59.1 Å². The van der Waals surface area contributed by atoms with Crippen LogP contribution in [0.15, 0.2) is 42.5 Å². The van der Waals surface area contributed by atoms with Crippen molar-refractivity contribution >= 4 is 23.5 Å². The number of carbonyl (C=O) groups is 3. The standard InChI is InChI=1S/C15H11NO6.Na.H/c17-12-6-5-10(15(21)22)7-11(12)16-13(18)8-1-3-9(4-2-8)14(19)20;;/h1-7,17H,(H,16,18)(H,19,20)(H,21,22);;/q;+1;-1. The van der Waals surface area contributed by atoms with Gasteiger partial charge < -0.3 is 22.1 Å². The maximum atomic E-state index is 12.0. The van der Waals surface area contributed by atoms with Crippen molar-refractivity contribution in [1.29, 1.82) is 0 Å². The summed E-state index contributed by atoms with van der Waals surface area (Å²) in [6.45, 7) is 0. The molecule has 1 amide bonds. The number of amides is 1. The number of hydrogen-bond donors (Lipinski definition) is 4. The normalized spacial score (nSPS) is 9.57. The number of aromatic carboxylic acids is 2. The number of carboxylic acids is 2. The Balaban J connectivity index is 0.00000264. The van der Waals surface area contributed by atoms with Gasteiger partial charge in [0, 0.05) is 5.56 Å². The van der Waals surface area contributed by atoms with Crippen LogP contribution < -0.4 is 34.9 Å². The summed E-state index contributed by atoms with van der Waals surface area (Å²) < 4.78 is 0. The number of hydrogen-bond acceptors (Lipinski definition) is 4. The van der Waals surface area contributed by atoms with Gasteiger partial charge in [-0.15, -0.1) is 0 Å². The van der Waals surface area contributed by atoms with Gasteiger partial charge in [0.05, 0.1) is 16.8 Å². The number of anilines is 1. The first-order valence-corrected chi connectivity index (χ1v) is 6.09. The molecule has 0 saturated carbocycles. The zero-order chi connectivity index (χ0) is 16.3. The van der Waals surface area contributed by atoms with Crippen molar-refractivity contribution in [1.82, 2.24) is 0 Å². The number of benzene rings is 2. The molecule has 0 bridgehead atoms. The van der Waals surface area contributed by atoms with Gasteiger partial charge in [0.25, 0.3) is 5.91 Å². The number of carboxylic acid groups (broad SMARTS) is 2. The second kappa shape index (κ2) is 7.77. The monoisotopic (exact) mass is 325 g/mol. The molecule has 23 heavy (non-hydrogen) atoms. The maximum absolute atomic E-state index is 12.0. The second-order valence-corrected chi connectivity index (χ2v) is 4.37. The van der Waals surface area contributed by atoms with E-state index in [1.807, 2.05) is 0 Å². The predicted octanol–water partition coefficient (Wildman–Crippen LogP) is -0.843. The minimum atomic E-state index is -1.19. The van der Waals surface area contributed by atoms with Crippen LogP contribution in [0.5, 0.6) is 5.75 Å². The zero-order valence-corrected chi connectivity index (χ0v) is 14.1. The van der Waals surface area contributed by atoms with Crippen molar-refractivity contribution in [3.8, 4) is 5.75 Å². The maximum Gasteiger partial charge on any atom is 1.00 e. The van der Waals surface area contributed by atoms with Crippen LogP contribution in [-0.2, 0) is 0 Å². The minimum absolute atomic E-state index is 0. The number of nitrogens with one attached hydrogen (secondary N) is 1. The molecule has 0 atom stereocenters. The van der Waals surface area contributed by atoms with Crippen LogP contribution in [0, 0.1) is 0 Å². The van der Waals surface area contributed by atoms with Crippen molar-refractivity contribution in [2.45, 2.75) is 0 Å². The fourth-order valence-corrected chi connectivity index (χ4v) is 1.73. The van der Waals surface area contributed by atoms with Gasteiger partial charge in [-0.1, -0.05) is 0 Å². The summed E-state index contributed by atoms with van der Waals surface area (Å²) in [5, 5.41) is 29.7. The van der Waals surface area contributed by atoms with E-state index in [1.165, 1.54) is 30.3 Å². The molecule has 0 saturated heterocycles. The molecule has 8 heteroatoms. The van der Waals surface area contributed by atoms with E-state index in [0.717, 1.165) is 12.1 Å². The van der Waals surface area contributed by atoms with Gasteiger partial charge in [-0.3, -0.25) is 4.79 Å². The van der Waals surface area contributed by atoms with E-state index >= 15 is 0 Å². The Morgan fingerprint density at radius 2 is 1.30 bits per heavy atom. The summed E-state index contributed by atoms with van der Waals surface area (Å²) in [5.74, 6) is -3.18. The van der Waals surface area contributed by atoms with E-state index in [0.29, 0.717) is 0 Å². The van der Waals surface area contributed by atoms with Gasteiger partial charge in [-0.2, -0.15) is 0 Å². The zero-order valence-electron chi connectivity index (χ0n) is 13.1. The Kier molecular flexibility index (Phi) is 6.32. The van der Waals surface area contributed by atoms with Crippen LogP contribution in [0.2, 0.25) is 0 Å². The minimum Gasteiger partial charge on any atom is -1.00 e. The third-order valence-electron chi connectivity index (χ3n) is 2.89. The van der Waals surface area contributed by atoms with Crippen LogP contribution in [0.1, 0.15) is 32.5 Å².